The average molecular weight is 341 g/mol. The molecule has 1 aromatic carbocycles. The summed E-state index contributed by atoms with van der Waals surface area (Å²) in [6, 6.07) is 6.47. The highest BCUT2D eigenvalue weighted by Gasteiger charge is 2.39. The van der Waals surface area contributed by atoms with Gasteiger partial charge in [0.2, 0.25) is 0 Å². The molecule has 128 valence electrons. The van der Waals surface area contributed by atoms with Crippen molar-refractivity contribution < 1.29 is 10.2 Å². The number of hydrogen-bond donors (Lipinski definition) is 2. The van der Waals surface area contributed by atoms with E-state index in [0.29, 0.717) is 0 Å². The summed E-state index contributed by atoms with van der Waals surface area (Å²) in [6.45, 7) is 10.7. The second kappa shape index (κ2) is 6.47. The molecule has 2 N–H and O–H groups in total. The van der Waals surface area contributed by atoms with E-state index in [1.165, 1.54) is 16.7 Å². The van der Waals surface area contributed by atoms with Gasteiger partial charge in [0.15, 0.2) is 0 Å². The van der Waals surface area contributed by atoms with Crippen molar-refractivity contribution in [3.63, 3.8) is 0 Å². The Bertz CT molecular complexity index is 722. The summed E-state index contributed by atoms with van der Waals surface area (Å²) in [7, 11) is -1.53. The van der Waals surface area contributed by atoms with Gasteiger partial charge in [-0.1, -0.05) is 49.6 Å². The van der Waals surface area contributed by atoms with Gasteiger partial charge in [-0.15, -0.1) is 6.58 Å². The molecule has 2 aliphatic carbocycles. The Morgan fingerprint density at radius 3 is 2.58 bits per heavy atom. The number of allylic oxidation sites excluding steroid dienone is 1. The lowest BCUT2D eigenvalue weighted by molar-refractivity contribution is 0.0741. The molecular weight excluding hydrogens is 312 g/mol. The minimum atomic E-state index is -1.53. The van der Waals surface area contributed by atoms with E-state index < -0.39 is 20.3 Å². The van der Waals surface area contributed by atoms with Gasteiger partial charge in [0, 0.05) is 0 Å². The van der Waals surface area contributed by atoms with E-state index in [9.17, 15) is 10.2 Å². The van der Waals surface area contributed by atoms with Gasteiger partial charge in [-0.25, -0.2) is 0 Å². The molecule has 0 heterocycles. The Morgan fingerprint density at radius 2 is 1.92 bits per heavy atom. The Kier molecular flexibility index (Phi) is 4.69. The first-order chi connectivity index (χ1) is 11.3. The van der Waals surface area contributed by atoms with Crippen LogP contribution >= 0.6 is 0 Å². The molecule has 0 amide bonds. The van der Waals surface area contributed by atoms with E-state index in [1.54, 1.807) is 0 Å². The Balaban J connectivity index is 2.28. The van der Waals surface area contributed by atoms with Crippen LogP contribution in [0.25, 0.3) is 5.57 Å². The van der Waals surface area contributed by atoms with Gasteiger partial charge >= 0.3 is 0 Å². The molecule has 1 aromatic rings. The summed E-state index contributed by atoms with van der Waals surface area (Å²) < 4.78 is 0. The maximum atomic E-state index is 10.7. The van der Waals surface area contributed by atoms with Gasteiger partial charge in [-0.05, 0) is 59.1 Å². The van der Waals surface area contributed by atoms with Crippen molar-refractivity contribution in [3.8, 4) is 0 Å². The molecule has 0 bridgehead atoms. The highest BCUT2D eigenvalue weighted by Crippen LogP contribution is 2.46. The number of aryl methyl sites for hydroxylation is 1. The molecule has 0 saturated heterocycles. The zero-order valence-electron chi connectivity index (χ0n) is 15.0. The van der Waals surface area contributed by atoms with Crippen LogP contribution in [0.15, 0.2) is 47.7 Å². The summed E-state index contributed by atoms with van der Waals surface area (Å²) in [5, 5.41) is 21.4. The smallest absolute Gasteiger partial charge is 0.109 e. The largest absolute Gasteiger partial charge is 0.386 e. The van der Waals surface area contributed by atoms with Crippen LogP contribution in [-0.4, -0.2) is 30.5 Å². The van der Waals surface area contributed by atoms with Crippen molar-refractivity contribution in [3.05, 3.63) is 64.4 Å². The molecule has 24 heavy (non-hydrogen) atoms. The third-order valence-corrected chi connectivity index (χ3v) is 6.09. The molecule has 3 heteroatoms. The number of fused-ring (bicyclic) bond motifs is 2. The third-order valence-electron chi connectivity index (χ3n) is 4.92. The second-order valence-corrected chi connectivity index (χ2v) is 13.1. The lowest BCUT2D eigenvalue weighted by Gasteiger charge is -2.20. The number of aliphatic hydroxyl groups is 2. The predicted octanol–water partition coefficient (Wildman–Crippen LogP) is 4.04. The van der Waals surface area contributed by atoms with Gasteiger partial charge in [0.1, 0.15) is 12.2 Å². The first-order valence-electron chi connectivity index (χ1n) is 8.88. The zero-order chi connectivity index (χ0) is 17.5. The number of rotatable bonds is 3. The van der Waals surface area contributed by atoms with Crippen molar-refractivity contribution in [1.82, 2.24) is 0 Å². The number of hydrogen-bond acceptors (Lipinski definition) is 2. The lowest BCUT2D eigenvalue weighted by atomic mass is 9.89. The fourth-order valence-corrected chi connectivity index (χ4v) is 5.27. The van der Waals surface area contributed by atoms with E-state index >= 15 is 0 Å². The van der Waals surface area contributed by atoms with E-state index in [4.69, 9.17) is 0 Å². The minimum absolute atomic E-state index is 0.759. The molecule has 0 radical (unpaired) electrons. The molecule has 0 fully saturated rings. The van der Waals surface area contributed by atoms with Crippen molar-refractivity contribution >= 4 is 13.6 Å². The summed E-state index contributed by atoms with van der Waals surface area (Å²) in [6.07, 6.45) is 4.11. The summed E-state index contributed by atoms with van der Waals surface area (Å²) in [5.74, 6) is 0. The zero-order valence-corrected chi connectivity index (χ0v) is 16.0. The fraction of sp³-hybridized carbons (Fsp3) is 0.429. The molecule has 2 atom stereocenters. The topological polar surface area (TPSA) is 40.5 Å². The normalized spacial score (nSPS) is 25.5. The van der Waals surface area contributed by atoms with Crippen molar-refractivity contribution in [2.24, 2.45) is 0 Å². The first-order valence-corrected chi connectivity index (χ1v) is 12.5. The maximum Gasteiger partial charge on any atom is 0.109 e. The van der Waals surface area contributed by atoms with Crippen LogP contribution in [-0.2, 0) is 12.8 Å². The van der Waals surface area contributed by atoms with Gasteiger partial charge in [-0.3, -0.25) is 0 Å². The Morgan fingerprint density at radius 1 is 1.17 bits per heavy atom. The molecule has 0 spiro atoms. The van der Waals surface area contributed by atoms with Crippen LogP contribution in [0.5, 0.6) is 0 Å². The standard InChI is InChI=1S/C21H28O2Si/c1-5-8-14-9-6-10-15-11-7-12-16-19(18(14)15)17(13-24(2,3)4)21(23)20(16)22/h5-6,9-10,13,20-23H,1,7-8,11-12H2,2-4H3/b17-13-/t20-,21+/m0/s1. The number of aliphatic hydroxyl groups excluding tert-OH is 2. The molecule has 0 saturated carbocycles. The highest BCUT2D eigenvalue weighted by molar-refractivity contribution is 6.81. The first kappa shape index (κ1) is 17.4. The van der Waals surface area contributed by atoms with E-state index in [1.807, 2.05) is 6.08 Å². The number of benzene rings is 1. The third kappa shape index (κ3) is 3.08. The average Bonchev–Trinajstić information content (AvgIpc) is 2.67. The van der Waals surface area contributed by atoms with Crippen LogP contribution in [0.4, 0.5) is 0 Å². The molecular formula is C21H28O2Si. The van der Waals surface area contributed by atoms with E-state index in [0.717, 1.165) is 42.4 Å². The summed E-state index contributed by atoms with van der Waals surface area (Å²) in [5.41, 5.74) is 9.20. The van der Waals surface area contributed by atoms with Crippen LogP contribution in [0.1, 0.15) is 29.5 Å². The molecule has 2 aliphatic rings. The molecule has 0 aromatic heterocycles. The van der Waals surface area contributed by atoms with Gasteiger partial charge < -0.3 is 10.2 Å². The van der Waals surface area contributed by atoms with Crippen LogP contribution < -0.4 is 0 Å². The molecule has 0 aliphatic heterocycles. The fourth-order valence-electron chi connectivity index (χ4n) is 4.02. The Hall–Kier alpha value is -1.42. The monoisotopic (exact) mass is 340 g/mol. The predicted molar refractivity (Wildman–Crippen MR) is 104 cm³/mol. The molecule has 3 rings (SSSR count). The van der Waals surface area contributed by atoms with Crippen LogP contribution in [0.3, 0.4) is 0 Å². The molecule has 2 nitrogen and oxygen atoms in total. The van der Waals surface area contributed by atoms with Gasteiger partial charge in [0.05, 0.1) is 8.07 Å². The Labute approximate surface area is 146 Å². The summed E-state index contributed by atoms with van der Waals surface area (Å²) in [4.78, 5) is 0. The maximum absolute atomic E-state index is 10.7. The van der Waals surface area contributed by atoms with Crippen molar-refractivity contribution in [2.45, 2.75) is 57.5 Å². The van der Waals surface area contributed by atoms with Crippen LogP contribution in [0, 0.1) is 0 Å². The molecule has 0 unspecified atom stereocenters. The van der Waals surface area contributed by atoms with E-state index in [2.05, 4.69) is 50.1 Å². The highest BCUT2D eigenvalue weighted by atomic mass is 28.3. The van der Waals surface area contributed by atoms with Crippen molar-refractivity contribution in [2.75, 3.05) is 0 Å². The van der Waals surface area contributed by atoms with Crippen LogP contribution in [0.2, 0.25) is 19.6 Å². The van der Waals surface area contributed by atoms with Crippen molar-refractivity contribution in [1.29, 1.82) is 0 Å². The van der Waals surface area contributed by atoms with Gasteiger partial charge in [-0.2, -0.15) is 0 Å². The van der Waals surface area contributed by atoms with E-state index in [-0.39, 0.29) is 0 Å². The lowest BCUT2D eigenvalue weighted by Crippen LogP contribution is -2.26. The SMILES string of the molecule is C=CCc1cccc2c1C1=C(CCC2)[C@H](O)[C@H](O)/C1=C\[Si](C)(C)C. The summed E-state index contributed by atoms with van der Waals surface area (Å²) >= 11 is 0. The minimum Gasteiger partial charge on any atom is -0.386 e. The second-order valence-electron chi connectivity index (χ2n) is 8.05. The van der Waals surface area contributed by atoms with Gasteiger partial charge in [0.25, 0.3) is 0 Å². The quantitative estimate of drug-likeness (QED) is 0.644.